The molecule has 5 nitrogen and oxygen atoms in total. The second-order valence-corrected chi connectivity index (χ2v) is 6.15. The number of ether oxygens (including phenoxy) is 1. The quantitative estimate of drug-likeness (QED) is 0.743. The van der Waals surface area contributed by atoms with Crippen LogP contribution in [0.4, 0.5) is 5.82 Å². The Kier molecular flexibility index (Phi) is 5.23. The molecule has 2 rings (SSSR count). The molecule has 1 saturated carbocycles. The van der Waals surface area contributed by atoms with Gasteiger partial charge in [0.1, 0.15) is 5.82 Å². The van der Waals surface area contributed by atoms with E-state index in [4.69, 9.17) is 4.74 Å². The largest absolute Gasteiger partial charge is 0.469 e. The lowest BCUT2D eigenvalue weighted by Crippen LogP contribution is -2.13. The van der Waals surface area contributed by atoms with Gasteiger partial charge in [0.25, 0.3) is 0 Å². The number of methoxy groups -OCH3 is 1. The zero-order chi connectivity index (χ0) is 14.4. The minimum Gasteiger partial charge on any atom is -0.469 e. The van der Waals surface area contributed by atoms with Crippen molar-refractivity contribution in [2.75, 3.05) is 24.7 Å². The summed E-state index contributed by atoms with van der Waals surface area (Å²) in [5, 5.41) is 3.12. The first-order chi connectivity index (χ1) is 9.67. The number of rotatable bonds is 8. The summed E-state index contributed by atoms with van der Waals surface area (Å²) in [7, 11) is 1.45. The molecule has 6 heteroatoms. The number of nitrogens with zero attached hydrogens (tertiary/aromatic N) is 2. The van der Waals surface area contributed by atoms with Gasteiger partial charge in [-0.3, -0.25) is 9.78 Å². The van der Waals surface area contributed by atoms with E-state index >= 15 is 0 Å². The highest BCUT2D eigenvalue weighted by atomic mass is 32.2. The van der Waals surface area contributed by atoms with Crippen LogP contribution in [0.25, 0.3) is 0 Å². The second kappa shape index (κ2) is 6.92. The molecule has 0 radical (unpaired) electrons. The van der Waals surface area contributed by atoms with Crippen LogP contribution in [0, 0.1) is 5.41 Å². The van der Waals surface area contributed by atoms with Crippen molar-refractivity contribution in [3.05, 3.63) is 18.1 Å². The standard InChI is InChI=1S/C14H21N3O2S/c1-3-15-12-8-16-11(7-17-12)9-20-10-14(4-5-14)6-13(18)19-2/h7-8H,3-6,9-10H2,1-2H3,(H,15,17). The monoisotopic (exact) mass is 295 g/mol. The van der Waals surface area contributed by atoms with Crippen LogP contribution in [-0.4, -0.2) is 35.3 Å². The Bertz CT molecular complexity index is 446. The van der Waals surface area contributed by atoms with Crippen LogP contribution >= 0.6 is 11.8 Å². The third-order valence-corrected chi connectivity index (χ3v) is 4.74. The molecule has 0 atom stereocenters. The van der Waals surface area contributed by atoms with Crippen LogP contribution in [-0.2, 0) is 15.3 Å². The van der Waals surface area contributed by atoms with Crippen molar-refractivity contribution in [3.63, 3.8) is 0 Å². The number of carbonyl (C=O) groups excluding carboxylic acids is 1. The second-order valence-electron chi connectivity index (χ2n) is 5.17. The molecule has 1 aliphatic rings. The molecule has 20 heavy (non-hydrogen) atoms. The van der Waals surface area contributed by atoms with E-state index in [1.54, 1.807) is 6.20 Å². The summed E-state index contributed by atoms with van der Waals surface area (Å²) >= 11 is 1.82. The molecule has 0 aliphatic heterocycles. The first-order valence-electron chi connectivity index (χ1n) is 6.87. The fourth-order valence-corrected chi connectivity index (χ4v) is 3.29. The normalized spacial score (nSPS) is 15.7. The average molecular weight is 295 g/mol. The van der Waals surface area contributed by atoms with Gasteiger partial charge in [-0.25, -0.2) is 4.98 Å². The summed E-state index contributed by atoms with van der Waals surface area (Å²) in [6.45, 7) is 2.88. The lowest BCUT2D eigenvalue weighted by Gasteiger charge is -2.12. The van der Waals surface area contributed by atoms with E-state index in [1.165, 1.54) is 7.11 Å². The first-order valence-corrected chi connectivity index (χ1v) is 8.02. The Morgan fingerprint density at radius 3 is 2.80 bits per heavy atom. The number of anilines is 1. The van der Waals surface area contributed by atoms with E-state index in [1.807, 2.05) is 24.9 Å². The molecule has 0 unspecified atom stereocenters. The molecular formula is C14H21N3O2S. The lowest BCUT2D eigenvalue weighted by molar-refractivity contribution is -0.141. The van der Waals surface area contributed by atoms with Crippen molar-refractivity contribution >= 4 is 23.5 Å². The van der Waals surface area contributed by atoms with Crippen molar-refractivity contribution in [1.29, 1.82) is 0 Å². The molecule has 1 fully saturated rings. The molecule has 0 spiro atoms. The molecule has 1 aromatic heterocycles. The van der Waals surface area contributed by atoms with Gasteiger partial charge in [-0.2, -0.15) is 11.8 Å². The fraction of sp³-hybridized carbons (Fsp3) is 0.643. The maximum Gasteiger partial charge on any atom is 0.306 e. The van der Waals surface area contributed by atoms with Crippen LogP contribution in [0.3, 0.4) is 0 Å². The maximum atomic E-state index is 11.3. The molecule has 0 amide bonds. The SMILES string of the molecule is CCNc1cnc(CSCC2(CC(=O)OC)CC2)cn1. The van der Waals surface area contributed by atoms with E-state index in [0.29, 0.717) is 6.42 Å². The van der Waals surface area contributed by atoms with E-state index in [-0.39, 0.29) is 11.4 Å². The van der Waals surface area contributed by atoms with Gasteiger partial charge in [0.05, 0.1) is 31.6 Å². The molecule has 1 heterocycles. The Morgan fingerprint density at radius 2 is 2.25 bits per heavy atom. The Balaban J connectivity index is 1.74. The molecule has 1 N–H and O–H groups in total. The van der Waals surface area contributed by atoms with Crippen LogP contribution < -0.4 is 5.32 Å². The summed E-state index contributed by atoms with van der Waals surface area (Å²) in [5.41, 5.74) is 1.15. The Hall–Kier alpha value is -1.30. The van der Waals surface area contributed by atoms with E-state index in [2.05, 4.69) is 15.3 Å². The number of hydrogen-bond acceptors (Lipinski definition) is 6. The maximum absolute atomic E-state index is 11.3. The predicted molar refractivity (Wildman–Crippen MR) is 80.7 cm³/mol. The van der Waals surface area contributed by atoms with Crippen LogP contribution in [0.5, 0.6) is 0 Å². The van der Waals surface area contributed by atoms with E-state index in [9.17, 15) is 4.79 Å². The third-order valence-electron chi connectivity index (χ3n) is 3.43. The van der Waals surface area contributed by atoms with Crippen LogP contribution in [0.1, 0.15) is 31.9 Å². The van der Waals surface area contributed by atoms with E-state index < -0.39 is 0 Å². The van der Waals surface area contributed by atoms with Crippen molar-refractivity contribution < 1.29 is 9.53 Å². The summed E-state index contributed by atoms with van der Waals surface area (Å²) in [6.07, 6.45) is 6.37. The molecule has 0 saturated heterocycles. The summed E-state index contributed by atoms with van der Waals surface area (Å²) in [6, 6.07) is 0. The van der Waals surface area contributed by atoms with Gasteiger partial charge in [-0.05, 0) is 30.9 Å². The molecule has 110 valence electrons. The topological polar surface area (TPSA) is 64.1 Å². The number of nitrogens with one attached hydrogen (secondary N) is 1. The Morgan fingerprint density at radius 1 is 1.45 bits per heavy atom. The highest BCUT2D eigenvalue weighted by Gasteiger charge is 2.44. The van der Waals surface area contributed by atoms with Gasteiger partial charge < -0.3 is 10.1 Å². The third kappa shape index (κ3) is 4.37. The highest BCUT2D eigenvalue weighted by Crippen LogP contribution is 2.51. The van der Waals surface area contributed by atoms with Gasteiger partial charge in [-0.1, -0.05) is 0 Å². The fourth-order valence-electron chi connectivity index (χ4n) is 2.00. The predicted octanol–water partition coefficient (Wildman–Crippen LogP) is 2.48. The highest BCUT2D eigenvalue weighted by molar-refractivity contribution is 7.98. The smallest absolute Gasteiger partial charge is 0.306 e. The average Bonchev–Trinajstić information content (AvgIpc) is 3.21. The van der Waals surface area contributed by atoms with Crippen LogP contribution in [0.2, 0.25) is 0 Å². The van der Waals surface area contributed by atoms with Gasteiger partial charge in [0.2, 0.25) is 0 Å². The van der Waals surface area contributed by atoms with Gasteiger partial charge in [0, 0.05) is 12.3 Å². The van der Waals surface area contributed by atoms with Crippen LogP contribution in [0.15, 0.2) is 12.4 Å². The number of aromatic nitrogens is 2. The minimum atomic E-state index is -0.0992. The number of esters is 1. The lowest BCUT2D eigenvalue weighted by atomic mass is 10.1. The molecule has 0 bridgehead atoms. The molecular weight excluding hydrogens is 274 g/mol. The Labute approximate surface area is 123 Å². The molecule has 1 aliphatic carbocycles. The van der Waals surface area contributed by atoms with Crippen molar-refractivity contribution in [3.8, 4) is 0 Å². The van der Waals surface area contributed by atoms with Gasteiger partial charge >= 0.3 is 5.97 Å². The van der Waals surface area contributed by atoms with Crippen molar-refractivity contribution in [1.82, 2.24) is 9.97 Å². The number of thioether (sulfide) groups is 1. The van der Waals surface area contributed by atoms with Gasteiger partial charge in [-0.15, -0.1) is 0 Å². The zero-order valence-corrected chi connectivity index (χ0v) is 12.8. The van der Waals surface area contributed by atoms with Gasteiger partial charge in [0.15, 0.2) is 0 Å². The van der Waals surface area contributed by atoms with Crippen molar-refractivity contribution in [2.45, 2.75) is 31.9 Å². The summed E-state index contributed by atoms with van der Waals surface area (Å²) < 4.78 is 4.75. The zero-order valence-electron chi connectivity index (χ0n) is 12.0. The molecule has 1 aromatic rings. The first kappa shape index (κ1) is 15.1. The minimum absolute atomic E-state index is 0.0992. The van der Waals surface area contributed by atoms with Crippen molar-refractivity contribution in [2.24, 2.45) is 5.41 Å². The number of carbonyl (C=O) groups is 1. The van der Waals surface area contributed by atoms with E-state index in [0.717, 1.165) is 42.4 Å². The summed E-state index contributed by atoms with van der Waals surface area (Å²) in [4.78, 5) is 20.0. The molecule has 0 aromatic carbocycles. The summed E-state index contributed by atoms with van der Waals surface area (Å²) in [5.74, 6) is 2.53. The number of hydrogen-bond donors (Lipinski definition) is 1.